The van der Waals surface area contributed by atoms with Gasteiger partial charge in [-0.05, 0) is 9.91 Å². The topological polar surface area (TPSA) is 89.0 Å². The molecule has 1 aromatic rings. The summed E-state index contributed by atoms with van der Waals surface area (Å²) in [4.78, 5) is 11.8. The van der Waals surface area contributed by atoms with E-state index in [-0.39, 0.29) is 0 Å². The van der Waals surface area contributed by atoms with Gasteiger partial charge in [-0.2, -0.15) is 9.65 Å². The summed E-state index contributed by atoms with van der Waals surface area (Å²) in [6.45, 7) is 0. The van der Waals surface area contributed by atoms with Gasteiger partial charge in [-0.3, -0.25) is 0 Å². The number of nitro groups is 1. The molecule has 1 heterocycles. The Bertz CT molecular complexity index is 524. The molecule has 0 fully saturated rings. The van der Waals surface area contributed by atoms with Gasteiger partial charge in [0.2, 0.25) is 5.75 Å². The number of alkyl halides is 3. The molecule has 18 heavy (non-hydrogen) atoms. The Hall–Kier alpha value is -2.44. The van der Waals surface area contributed by atoms with Gasteiger partial charge in [-0.1, -0.05) is 0 Å². The summed E-state index contributed by atoms with van der Waals surface area (Å²) < 4.78 is 52.4. The summed E-state index contributed by atoms with van der Waals surface area (Å²) in [6, 6.07) is 1.91. The standard InChI is InChI=1S/C8H3F4N3O3/c9-5-3-4(1-2-13)6(18-8(10,11)12)7(14-5)15(16)17/h3H,1H2. The van der Waals surface area contributed by atoms with E-state index in [1.165, 1.54) is 6.07 Å². The van der Waals surface area contributed by atoms with Crippen molar-refractivity contribution in [1.29, 1.82) is 5.26 Å². The zero-order chi connectivity index (χ0) is 13.9. The summed E-state index contributed by atoms with van der Waals surface area (Å²) >= 11 is 0. The lowest BCUT2D eigenvalue weighted by Crippen LogP contribution is -2.19. The monoisotopic (exact) mass is 265 g/mol. The summed E-state index contributed by atoms with van der Waals surface area (Å²) in [5.41, 5.74) is -0.603. The van der Waals surface area contributed by atoms with E-state index in [2.05, 4.69) is 9.72 Å². The Morgan fingerprint density at radius 2 is 2.17 bits per heavy atom. The van der Waals surface area contributed by atoms with Crippen LogP contribution in [0.4, 0.5) is 23.4 Å². The molecule has 96 valence electrons. The Kier molecular flexibility index (Phi) is 3.65. The third-order valence-electron chi connectivity index (χ3n) is 1.66. The van der Waals surface area contributed by atoms with E-state index < -0.39 is 40.8 Å². The van der Waals surface area contributed by atoms with Crippen LogP contribution in [-0.4, -0.2) is 16.3 Å². The number of ether oxygens (including phenoxy) is 1. The third kappa shape index (κ3) is 3.27. The van der Waals surface area contributed by atoms with Gasteiger partial charge >= 0.3 is 18.1 Å². The lowest BCUT2D eigenvalue weighted by Gasteiger charge is -2.11. The fourth-order valence-electron chi connectivity index (χ4n) is 1.10. The minimum absolute atomic E-state index is 0.470. The molecule has 0 aliphatic rings. The van der Waals surface area contributed by atoms with Crippen molar-refractivity contribution in [3.8, 4) is 11.8 Å². The highest BCUT2D eigenvalue weighted by atomic mass is 19.4. The second-order valence-electron chi connectivity index (χ2n) is 2.90. The summed E-state index contributed by atoms with van der Waals surface area (Å²) in [7, 11) is 0. The van der Waals surface area contributed by atoms with Crippen LogP contribution in [-0.2, 0) is 6.42 Å². The van der Waals surface area contributed by atoms with Crippen LogP contribution in [0.5, 0.6) is 5.75 Å². The Morgan fingerprint density at radius 1 is 1.56 bits per heavy atom. The molecule has 0 bridgehead atoms. The zero-order valence-electron chi connectivity index (χ0n) is 8.36. The number of hydrogen-bond acceptors (Lipinski definition) is 5. The van der Waals surface area contributed by atoms with Gasteiger partial charge < -0.3 is 14.9 Å². The van der Waals surface area contributed by atoms with Crippen molar-refractivity contribution in [3.63, 3.8) is 0 Å². The molecule has 0 aliphatic heterocycles. The second-order valence-corrected chi connectivity index (χ2v) is 2.90. The van der Waals surface area contributed by atoms with Gasteiger partial charge in [0.25, 0.3) is 0 Å². The molecular weight excluding hydrogens is 262 g/mol. The third-order valence-corrected chi connectivity index (χ3v) is 1.66. The maximum absolute atomic E-state index is 12.9. The molecule has 0 spiro atoms. The van der Waals surface area contributed by atoms with Crippen LogP contribution in [0.15, 0.2) is 6.07 Å². The first-order valence-corrected chi connectivity index (χ1v) is 4.21. The molecule has 0 amide bonds. The SMILES string of the molecule is N#CCc1cc(F)nc([N+](=O)[O-])c1OC(F)(F)F. The molecule has 1 rings (SSSR count). The van der Waals surface area contributed by atoms with Crippen molar-refractivity contribution in [1.82, 2.24) is 4.98 Å². The molecule has 0 radical (unpaired) electrons. The summed E-state index contributed by atoms with van der Waals surface area (Å²) in [5.74, 6) is -4.09. The van der Waals surface area contributed by atoms with Crippen LogP contribution < -0.4 is 4.74 Å². The van der Waals surface area contributed by atoms with Crippen LogP contribution in [0, 0.1) is 27.4 Å². The minimum Gasteiger partial charge on any atom is -0.396 e. The highest BCUT2D eigenvalue weighted by Gasteiger charge is 2.37. The van der Waals surface area contributed by atoms with Crippen molar-refractivity contribution >= 4 is 5.82 Å². The predicted octanol–water partition coefficient (Wildman–Crippen LogP) is 2.09. The molecule has 0 atom stereocenters. The predicted molar refractivity (Wildman–Crippen MR) is 46.8 cm³/mol. The van der Waals surface area contributed by atoms with E-state index in [1.54, 1.807) is 0 Å². The fraction of sp³-hybridized carbons (Fsp3) is 0.250. The van der Waals surface area contributed by atoms with Crippen molar-refractivity contribution in [3.05, 3.63) is 27.7 Å². The smallest absolute Gasteiger partial charge is 0.396 e. The van der Waals surface area contributed by atoms with Gasteiger partial charge in [0.15, 0.2) is 0 Å². The Balaban J connectivity index is 3.41. The zero-order valence-corrected chi connectivity index (χ0v) is 8.36. The summed E-state index contributed by atoms with van der Waals surface area (Å²) in [5, 5.41) is 18.8. The number of aromatic nitrogens is 1. The molecular formula is C8H3F4N3O3. The number of nitriles is 1. The average Bonchev–Trinajstić information content (AvgIpc) is 2.19. The van der Waals surface area contributed by atoms with E-state index in [0.717, 1.165) is 0 Å². The van der Waals surface area contributed by atoms with Gasteiger partial charge in [0, 0.05) is 11.6 Å². The number of nitrogens with zero attached hydrogens (tertiary/aromatic N) is 3. The van der Waals surface area contributed by atoms with Gasteiger partial charge in [-0.15, -0.1) is 13.2 Å². The first kappa shape index (κ1) is 13.6. The minimum atomic E-state index is -5.21. The van der Waals surface area contributed by atoms with E-state index in [9.17, 15) is 27.7 Å². The lowest BCUT2D eigenvalue weighted by molar-refractivity contribution is -0.393. The number of halogens is 4. The largest absolute Gasteiger partial charge is 0.573 e. The fourth-order valence-corrected chi connectivity index (χ4v) is 1.10. The molecule has 0 aromatic carbocycles. The van der Waals surface area contributed by atoms with Gasteiger partial charge in [0.1, 0.15) is 0 Å². The first-order valence-electron chi connectivity index (χ1n) is 4.21. The van der Waals surface area contributed by atoms with Crippen LogP contribution in [0.25, 0.3) is 0 Å². The van der Waals surface area contributed by atoms with Crippen molar-refractivity contribution in [2.45, 2.75) is 12.8 Å². The van der Waals surface area contributed by atoms with Crippen molar-refractivity contribution < 1.29 is 27.2 Å². The molecule has 0 unspecified atom stereocenters. The second kappa shape index (κ2) is 4.82. The van der Waals surface area contributed by atoms with E-state index in [4.69, 9.17) is 5.26 Å². The van der Waals surface area contributed by atoms with Gasteiger partial charge in [0.05, 0.1) is 12.5 Å². The van der Waals surface area contributed by atoms with E-state index >= 15 is 0 Å². The molecule has 6 nitrogen and oxygen atoms in total. The van der Waals surface area contributed by atoms with E-state index in [1.807, 2.05) is 0 Å². The maximum atomic E-state index is 12.9. The van der Waals surface area contributed by atoms with Crippen LogP contribution >= 0.6 is 0 Å². The van der Waals surface area contributed by atoms with E-state index in [0.29, 0.717) is 6.07 Å². The first-order chi connectivity index (χ1) is 8.24. The van der Waals surface area contributed by atoms with Crippen LogP contribution in [0.3, 0.4) is 0 Å². The highest BCUT2D eigenvalue weighted by Crippen LogP contribution is 2.34. The quantitative estimate of drug-likeness (QED) is 0.361. The molecule has 10 heteroatoms. The average molecular weight is 265 g/mol. The Labute approximate surface area is 96.6 Å². The van der Waals surface area contributed by atoms with Crippen LogP contribution in [0.2, 0.25) is 0 Å². The number of rotatable bonds is 3. The molecule has 0 aliphatic carbocycles. The van der Waals surface area contributed by atoms with Gasteiger partial charge in [-0.25, -0.2) is 0 Å². The van der Waals surface area contributed by atoms with Crippen LogP contribution in [0.1, 0.15) is 5.56 Å². The number of pyridine rings is 1. The Morgan fingerprint density at radius 3 is 2.61 bits per heavy atom. The lowest BCUT2D eigenvalue weighted by atomic mass is 10.2. The molecule has 0 saturated carbocycles. The maximum Gasteiger partial charge on any atom is 0.573 e. The molecule has 0 N–H and O–H groups in total. The molecule has 1 aromatic heterocycles. The van der Waals surface area contributed by atoms with Crippen molar-refractivity contribution in [2.24, 2.45) is 0 Å². The van der Waals surface area contributed by atoms with Crippen molar-refractivity contribution in [2.75, 3.05) is 0 Å². The number of hydrogen-bond donors (Lipinski definition) is 0. The summed E-state index contributed by atoms with van der Waals surface area (Å²) in [6.07, 6.45) is -5.90. The highest BCUT2D eigenvalue weighted by molar-refractivity contribution is 5.47. The normalized spacial score (nSPS) is 10.8. The molecule has 0 saturated heterocycles.